The van der Waals surface area contributed by atoms with E-state index in [2.05, 4.69) is 0 Å². The molecule has 21 heavy (non-hydrogen) atoms. The van der Waals surface area contributed by atoms with Crippen LogP contribution >= 0.6 is 23.2 Å². The Morgan fingerprint density at radius 2 is 1.14 bits per heavy atom. The lowest BCUT2D eigenvalue weighted by Gasteiger charge is -2.30. The summed E-state index contributed by atoms with van der Waals surface area (Å²) in [4.78, 5) is 12.0. The zero-order chi connectivity index (χ0) is 14.8. The van der Waals surface area contributed by atoms with E-state index >= 15 is 0 Å². The van der Waals surface area contributed by atoms with Crippen LogP contribution < -0.4 is 0 Å². The zero-order valence-corrected chi connectivity index (χ0v) is 12.8. The summed E-state index contributed by atoms with van der Waals surface area (Å²) < 4.78 is 6.10. The predicted octanol–water partition coefficient (Wildman–Crippen LogP) is 5.16. The van der Waals surface area contributed by atoms with Crippen LogP contribution in [-0.2, 0) is 9.53 Å². The number of rotatable bonds is 2. The Bertz CT molecular complexity index is 579. The number of hydrogen-bond acceptors (Lipinski definition) is 2. The number of halogens is 2. The van der Waals surface area contributed by atoms with Crippen molar-refractivity contribution in [3.8, 4) is 0 Å². The molecule has 0 aromatic heterocycles. The molecule has 1 saturated heterocycles. The molecule has 2 aromatic rings. The molecule has 2 atom stereocenters. The van der Waals surface area contributed by atoms with E-state index in [0.717, 1.165) is 11.1 Å². The molecule has 3 rings (SSSR count). The van der Waals surface area contributed by atoms with Crippen LogP contribution in [0.4, 0.5) is 0 Å². The van der Waals surface area contributed by atoms with Gasteiger partial charge in [0.2, 0.25) is 0 Å². The highest BCUT2D eigenvalue weighted by Gasteiger charge is 2.29. The average molecular weight is 321 g/mol. The van der Waals surface area contributed by atoms with Crippen molar-refractivity contribution in [2.24, 2.45) is 0 Å². The lowest BCUT2D eigenvalue weighted by Crippen LogP contribution is -2.23. The highest BCUT2D eigenvalue weighted by Crippen LogP contribution is 2.37. The van der Waals surface area contributed by atoms with Gasteiger partial charge >= 0.3 is 0 Å². The van der Waals surface area contributed by atoms with Crippen LogP contribution in [0, 0.1) is 0 Å². The molecule has 1 heterocycles. The summed E-state index contributed by atoms with van der Waals surface area (Å²) in [6, 6.07) is 14.9. The highest BCUT2D eigenvalue weighted by molar-refractivity contribution is 6.30. The smallest absolute Gasteiger partial charge is 0.138 e. The molecule has 4 heteroatoms. The Labute approximate surface area is 133 Å². The quantitative estimate of drug-likeness (QED) is 0.764. The summed E-state index contributed by atoms with van der Waals surface area (Å²) in [5.74, 6) is 0.209. The minimum Gasteiger partial charge on any atom is -0.365 e. The summed E-state index contributed by atoms with van der Waals surface area (Å²) in [6.45, 7) is 0. The van der Waals surface area contributed by atoms with Gasteiger partial charge in [-0.3, -0.25) is 4.79 Å². The van der Waals surface area contributed by atoms with Gasteiger partial charge in [0, 0.05) is 22.9 Å². The number of Topliss-reactive ketones (excluding diaryl/α,β-unsaturated/α-hetero) is 1. The maximum Gasteiger partial charge on any atom is 0.138 e. The van der Waals surface area contributed by atoms with Crippen LogP contribution in [0.25, 0.3) is 0 Å². The van der Waals surface area contributed by atoms with E-state index in [1.54, 1.807) is 0 Å². The highest BCUT2D eigenvalue weighted by atomic mass is 35.5. The molecule has 1 fully saturated rings. The summed E-state index contributed by atoms with van der Waals surface area (Å²) in [5, 5.41) is 1.35. The largest absolute Gasteiger partial charge is 0.365 e. The zero-order valence-electron chi connectivity index (χ0n) is 11.3. The molecule has 0 bridgehead atoms. The second-order valence-electron chi connectivity index (χ2n) is 5.16. The third kappa shape index (κ3) is 3.46. The molecular formula is C17H14Cl2O2. The fourth-order valence-electron chi connectivity index (χ4n) is 2.54. The van der Waals surface area contributed by atoms with Gasteiger partial charge in [0.1, 0.15) is 5.78 Å². The van der Waals surface area contributed by atoms with E-state index in [0.29, 0.717) is 22.9 Å². The number of ether oxygens (including phenoxy) is 1. The first kappa shape index (κ1) is 14.6. The molecule has 2 aromatic carbocycles. The first-order chi connectivity index (χ1) is 10.1. The average Bonchev–Trinajstić information content (AvgIpc) is 2.48. The maximum atomic E-state index is 12.0. The van der Waals surface area contributed by atoms with E-state index in [9.17, 15) is 4.79 Å². The van der Waals surface area contributed by atoms with Gasteiger partial charge in [0.05, 0.1) is 12.2 Å². The second-order valence-corrected chi connectivity index (χ2v) is 6.04. The lowest BCUT2D eigenvalue weighted by molar-refractivity contribution is -0.136. The first-order valence-electron chi connectivity index (χ1n) is 6.80. The third-order valence-corrected chi connectivity index (χ3v) is 4.14. The van der Waals surface area contributed by atoms with Crippen molar-refractivity contribution in [1.29, 1.82) is 0 Å². The van der Waals surface area contributed by atoms with Crippen molar-refractivity contribution < 1.29 is 9.53 Å². The van der Waals surface area contributed by atoms with Gasteiger partial charge in [-0.1, -0.05) is 47.5 Å². The van der Waals surface area contributed by atoms with Crippen molar-refractivity contribution in [3.05, 3.63) is 69.7 Å². The predicted molar refractivity (Wildman–Crippen MR) is 83.7 cm³/mol. The molecule has 108 valence electrons. The van der Waals surface area contributed by atoms with E-state index in [4.69, 9.17) is 27.9 Å². The van der Waals surface area contributed by atoms with Gasteiger partial charge in [0.25, 0.3) is 0 Å². The molecule has 1 aliphatic heterocycles. The maximum absolute atomic E-state index is 12.0. The fourth-order valence-corrected chi connectivity index (χ4v) is 2.79. The van der Waals surface area contributed by atoms with Crippen molar-refractivity contribution in [1.82, 2.24) is 0 Å². The van der Waals surface area contributed by atoms with Gasteiger partial charge in [-0.05, 0) is 35.4 Å². The molecule has 0 amide bonds. The van der Waals surface area contributed by atoms with Crippen molar-refractivity contribution in [2.45, 2.75) is 25.0 Å². The second kappa shape index (κ2) is 6.18. The van der Waals surface area contributed by atoms with Gasteiger partial charge < -0.3 is 4.74 Å². The summed E-state index contributed by atoms with van der Waals surface area (Å²) in [5.41, 5.74) is 1.96. The number of carbonyl (C=O) groups is 1. The van der Waals surface area contributed by atoms with Crippen molar-refractivity contribution in [2.75, 3.05) is 0 Å². The molecule has 0 saturated carbocycles. The molecular weight excluding hydrogens is 307 g/mol. The summed E-state index contributed by atoms with van der Waals surface area (Å²) in [7, 11) is 0. The van der Waals surface area contributed by atoms with Crippen LogP contribution in [0.5, 0.6) is 0 Å². The Balaban J connectivity index is 1.82. The molecule has 0 radical (unpaired) electrons. The Kier molecular flexibility index (Phi) is 4.29. The summed E-state index contributed by atoms with van der Waals surface area (Å²) >= 11 is 11.8. The fraction of sp³-hybridized carbons (Fsp3) is 0.235. The van der Waals surface area contributed by atoms with Crippen molar-refractivity contribution in [3.63, 3.8) is 0 Å². The minimum atomic E-state index is -0.218. The molecule has 0 spiro atoms. The van der Waals surface area contributed by atoms with Crippen LogP contribution in [0.2, 0.25) is 10.0 Å². The topological polar surface area (TPSA) is 26.3 Å². The van der Waals surface area contributed by atoms with Crippen LogP contribution in [-0.4, -0.2) is 5.78 Å². The number of benzene rings is 2. The first-order valence-corrected chi connectivity index (χ1v) is 7.55. The molecule has 2 nitrogen and oxygen atoms in total. The Morgan fingerprint density at radius 1 is 0.762 bits per heavy atom. The normalized spacial score (nSPS) is 22.3. The molecule has 0 N–H and O–H groups in total. The Hall–Kier alpha value is -1.35. The van der Waals surface area contributed by atoms with Gasteiger partial charge in [0.15, 0.2) is 0 Å². The van der Waals surface area contributed by atoms with Crippen LogP contribution in [0.1, 0.15) is 36.2 Å². The van der Waals surface area contributed by atoms with Crippen LogP contribution in [0.15, 0.2) is 48.5 Å². The standard InChI is InChI=1S/C17H14Cl2O2/c18-13-5-1-11(2-6-13)16-9-15(20)10-17(21-16)12-3-7-14(19)8-4-12/h1-8,16-17H,9-10H2. The third-order valence-electron chi connectivity index (χ3n) is 3.64. The van der Waals surface area contributed by atoms with E-state index in [1.807, 2.05) is 48.5 Å². The SMILES string of the molecule is O=C1CC(c2ccc(Cl)cc2)OC(c2ccc(Cl)cc2)C1. The Morgan fingerprint density at radius 3 is 1.52 bits per heavy atom. The van der Waals surface area contributed by atoms with E-state index < -0.39 is 0 Å². The lowest BCUT2D eigenvalue weighted by atomic mass is 9.94. The monoisotopic (exact) mass is 320 g/mol. The van der Waals surface area contributed by atoms with Gasteiger partial charge in [-0.15, -0.1) is 0 Å². The number of hydrogen-bond donors (Lipinski definition) is 0. The molecule has 2 unspecified atom stereocenters. The molecule has 0 aliphatic carbocycles. The van der Waals surface area contributed by atoms with Gasteiger partial charge in [-0.2, -0.15) is 0 Å². The summed E-state index contributed by atoms with van der Waals surface area (Å²) in [6.07, 6.45) is 0.380. The van der Waals surface area contributed by atoms with Crippen molar-refractivity contribution >= 4 is 29.0 Å². The number of ketones is 1. The van der Waals surface area contributed by atoms with E-state index in [1.165, 1.54) is 0 Å². The van der Waals surface area contributed by atoms with Gasteiger partial charge in [-0.25, -0.2) is 0 Å². The van der Waals surface area contributed by atoms with E-state index in [-0.39, 0.29) is 18.0 Å². The van der Waals surface area contributed by atoms with Crippen LogP contribution in [0.3, 0.4) is 0 Å². The minimum absolute atomic E-state index is 0.209. The number of carbonyl (C=O) groups excluding carboxylic acids is 1. The molecule has 1 aliphatic rings.